The van der Waals surface area contributed by atoms with Crippen LogP contribution in [-0.4, -0.2) is 4.92 Å². The van der Waals surface area contributed by atoms with Gasteiger partial charge in [-0.1, -0.05) is 35.9 Å². The fourth-order valence-corrected chi connectivity index (χ4v) is 2.94. The molecule has 9 heteroatoms. The maximum atomic E-state index is 12.9. The van der Waals surface area contributed by atoms with Crippen LogP contribution in [0.25, 0.3) is 0 Å². The van der Waals surface area contributed by atoms with Gasteiger partial charge in [0.15, 0.2) is 0 Å². The van der Waals surface area contributed by atoms with Gasteiger partial charge in [0.05, 0.1) is 10.5 Å². The Hall–Kier alpha value is -3.26. The van der Waals surface area contributed by atoms with Crippen LogP contribution >= 0.6 is 11.6 Å². The molecule has 0 amide bonds. The number of ether oxygens (including phenoxy) is 1. The van der Waals surface area contributed by atoms with Crippen LogP contribution in [0, 0.1) is 17.0 Å². The van der Waals surface area contributed by atoms with Crippen molar-refractivity contribution < 1.29 is 22.8 Å². The number of alkyl halides is 3. The first-order chi connectivity index (χ1) is 14.1. The third-order valence-electron chi connectivity index (χ3n) is 4.34. The van der Waals surface area contributed by atoms with Crippen LogP contribution in [0.4, 0.5) is 24.5 Å². The van der Waals surface area contributed by atoms with E-state index in [0.29, 0.717) is 23.2 Å². The summed E-state index contributed by atoms with van der Waals surface area (Å²) < 4.78 is 44.3. The minimum Gasteiger partial charge on any atom is -0.450 e. The number of para-hydroxylation sites is 1. The number of anilines is 1. The summed E-state index contributed by atoms with van der Waals surface area (Å²) in [4.78, 5) is 10.4. The topological polar surface area (TPSA) is 64.4 Å². The van der Waals surface area contributed by atoms with Crippen molar-refractivity contribution >= 4 is 23.0 Å². The molecule has 0 aromatic heterocycles. The molecule has 1 N–H and O–H groups in total. The van der Waals surface area contributed by atoms with Gasteiger partial charge in [-0.25, -0.2) is 0 Å². The Morgan fingerprint density at radius 1 is 1.07 bits per heavy atom. The fourth-order valence-electron chi connectivity index (χ4n) is 2.77. The highest BCUT2D eigenvalue weighted by Crippen LogP contribution is 2.38. The zero-order valence-electron chi connectivity index (χ0n) is 15.7. The molecule has 0 radical (unpaired) electrons. The Kier molecular flexibility index (Phi) is 6.17. The van der Waals surface area contributed by atoms with Crippen LogP contribution in [0.5, 0.6) is 11.5 Å². The number of hydrogen-bond donors (Lipinski definition) is 1. The quantitative estimate of drug-likeness (QED) is 0.334. The van der Waals surface area contributed by atoms with Gasteiger partial charge in [0, 0.05) is 28.9 Å². The minimum atomic E-state index is -4.69. The van der Waals surface area contributed by atoms with Gasteiger partial charge >= 0.3 is 11.9 Å². The molecule has 5 nitrogen and oxygen atoms in total. The first-order valence-corrected chi connectivity index (χ1v) is 9.14. The van der Waals surface area contributed by atoms with Crippen molar-refractivity contribution in [1.82, 2.24) is 0 Å². The third-order valence-corrected chi connectivity index (χ3v) is 4.58. The maximum Gasteiger partial charge on any atom is 0.416 e. The van der Waals surface area contributed by atoms with Gasteiger partial charge in [0.25, 0.3) is 0 Å². The summed E-state index contributed by atoms with van der Waals surface area (Å²) in [5.74, 6) is 0.00641. The van der Waals surface area contributed by atoms with Gasteiger partial charge in [-0.3, -0.25) is 10.1 Å². The van der Waals surface area contributed by atoms with E-state index in [2.05, 4.69) is 5.32 Å². The number of halogens is 4. The van der Waals surface area contributed by atoms with Crippen LogP contribution in [0.2, 0.25) is 5.02 Å². The largest absolute Gasteiger partial charge is 0.450 e. The van der Waals surface area contributed by atoms with Crippen LogP contribution in [0.15, 0.2) is 60.7 Å². The highest BCUT2D eigenvalue weighted by atomic mass is 35.5. The molecule has 156 valence electrons. The monoisotopic (exact) mass is 436 g/mol. The fraction of sp³-hybridized carbons (Fsp3) is 0.143. The molecule has 3 rings (SSSR count). The second-order valence-corrected chi connectivity index (χ2v) is 6.90. The van der Waals surface area contributed by atoms with Crippen molar-refractivity contribution in [3.63, 3.8) is 0 Å². The molecule has 30 heavy (non-hydrogen) atoms. The van der Waals surface area contributed by atoms with Crippen molar-refractivity contribution in [2.75, 3.05) is 5.32 Å². The average molecular weight is 437 g/mol. The van der Waals surface area contributed by atoms with Crippen LogP contribution in [-0.2, 0) is 12.7 Å². The SMILES string of the molecule is Cc1ccc(Cl)cc1NCc1ccccc1Oc1ccc(C(F)(F)F)cc1[N+](=O)[O-]. The third kappa shape index (κ3) is 5.01. The van der Waals surface area contributed by atoms with E-state index >= 15 is 0 Å². The smallest absolute Gasteiger partial charge is 0.416 e. The van der Waals surface area contributed by atoms with Crippen molar-refractivity contribution in [2.45, 2.75) is 19.6 Å². The van der Waals surface area contributed by atoms with E-state index in [1.165, 1.54) is 0 Å². The van der Waals surface area contributed by atoms with E-state index in [-0.39, 0.29) is 11.5 Å². The minimum absolute atomic E-state index is 0.278. The summed E-state index contributed by atoms with van der Waals surface area (Å²) >= 11 is 6.02. The summed E-state index contributed by atoms with van der Waals surface area (Å²) in [6, 6.07) is 14.3. The molecular weight excluding hydrogens is 421 g/mol. The lowest BCUT2D eigenvalue weighted by atomic mass is 10.1. The van der Waals surface area contributed by atoms with Gasteiger partial charge < -0.3 is 10.1 Å². The molecular formula is C21H16ClF3N2O3. The van der Waals surface area contributed by atoms with Gasteiger partial charge in [0.2, 0.25) is 5.75 Å². The first-order valence-electron chi connectivity index (χ1n) is 8.76. The number of rotatable bonds is 6. The molecule has 0 atom stereocenters. The van der Waals surface area contributed by atoms with Crippen LogP contribution in [0.3, 0.4) is 0 Å². The number of nitro groups is 1. The summed E-state index contributed by atoms with van der Waals surface area (Å²) in [6.45, 7) is 2.22. The van der Waals surface area contributed by atoms with Gasteiger partial charge in [0.1, 0.15) is 5.75 Å². The molecule has 0 saturated carbocycles. The molecule has 0 spiro atoms. The second kappa shape index (κ2) is 8.62. The lowest BCUT2D eigenvalue weighted by molar-refractivity contribution is -0.385. The second-order valence-electron chi connectivity index (χ2n) is 6.46. The number of hydrogen-bond acceptors (Lipinski definition) is 4. The number of benzene rings is 3. The van der Waals surface area contributed by atoms with Crippen LogP contribution < -0.4 is 10.1 Å². The normalized spacial score (nSPS) is 11.2. The van der Waals surface area contributed by atoms with E-state index in [9.17, 15) is 23.3 Å². The Morgan fingerprint density at radius 2 is 1.80 bits per heavy atom. The standard InChI is InChI=1S/C21H16ClF3N2O3/c1-13-6-8-16(22)11-17(13)26-12-14-4-2-3-5-19(14)30-20-9-7-15(21(23,24)25)10-18(20)27(28)29/h2-11,26H,12H2,1H3. The predicted molar refractivity (Wildman–Crippen MR) is 108 cm³/mol. The van der Waals surface area contributed by atoms with Gasteiger partial charge in [-0.2, -0.15) is 13.2 Å². The lowest BCUT2D eigenvalue weighted by Crippen LogP contribution is -2.06. The molecule has 3 aromatic carbocycles. The Labute approximate surface area is 175 Å². The molecule has 0 unspecified atom stereocenters. The Morgan fingerprint density at radius 3 is 2.50 bits per heavy atom. The lowest BCUT2D eigenvalue weighted by Gasteiger charge is -2.15. The molecule has 0 aliphatic heterocycles. The molecule has 0 aliphatic carbocycles. The van der Waals surface area contributed by atoms with Gasteiger partial charge in [-0.15, -0.1) is 0 Å². The average Bonchev–Trinajstić information content (AvgIpc) is 2.69. The summed E-state index contributed by atoms with van der Waals surface area (Å²) in [6.07, 6.45) is -4.69. The number of nitrogens with zero attached hydrogens (tertiary/aromatic N) is 1. The molecule has 0 saturated heterocycles. The zero-order chi connectivity index (χ0) is 21.9. The van der Waals surface area contributed by atoms with Crippen molar-refractivity contribution in [3.05, 3.63) is 92.5 Å². The summed E-state index contributed by atoms with van der Waals surface area (Å²) in [5, 5.41) is 15.1. The highest BCUT2D eigenvalue weighted by molar-refractivity contribution is 6.30. The predicted octanol–water partition coefficient (Wildman–Crippen LogP) is 6.98. The Balaban J connectivity index is 1.88. The molecule has 3 aromatic rings. The number of aryl methyl sites for hydroxylation is 1. The first kappa shape index (κ1) is 21.4. The van der Waals surface area contributed by atoms with Crippen molar-refractivity contribution in [3.8, 4) is 11.5 Å². The van der Waals surface area contributed by atoms with Gasteiger partial charge in [-0.05, 0) is 42.8 Å². The molecule has 0 bridgehead atoms. The van der Waals surface area contributed by atoms with Crippen molar-refractivity contribution in [1.29, 1.82) is 0 Å². The van der Waals surface area contributed by atoms with Crippen molar-refractivity contribution in [2.24, 2.45) is 0 Å². The summed E-state index contributed by atoms with van der Waals surface area (Å²) in [7, 11) is 0. The van der Waals surface area contributed by atoms with E-state index in [1.807, 2.05) is 13.0 Å². The number of nitro benzene ring substituents is 1. The highest BCUT2D eigenvalue weighted by Gasteiger charge is 2.33. The maximum absolute atomic E-state index is 12.9. The number of nitrogens with one attached hydrogen (secondary N) is 1. The molecule has 0 fully saturated rings. The summed E-state index contributed by atoms with van der Waals surface area (Å²) in [5.41, 5.74) is 0.547. The van der Waals surface area contributed by atoms with Crippen LogP contribution in [0.1, 0.15) is 16.7 Å². The zero-order valence-corrected chi connectivity index (χ0v) is 16.4. The molecule has 0 aliphatic rings. The van der Waals surface area contributed by atoms with E-state index in [0.717, 1.165) is 23.4 Å². The van der Waals surface area contributed by atoms with E-state index in [1.54, 1.807) is 36.4 Å². The Bertz CT molecular complexity index is 1090. The van der Waals surface area contributed by atoms with E-state index in [4.69, 9.17) is 16.3 Å². The molecule has 0 heterocycles. The van der Waals surface area contributed by atoms with E-state index < -0.39 is 22.4 Å².